The van der Waals surface area contributed by atoms with Gasteiger partial charge in [-0.2, -0.15) is 0 Å². The minimum atomic E-state index is -0.845. The standard InChI is InChI=1S/C62H113NO3/c1-3-5-7-9-11-13-15-17-19-21-23-25-27-29-31-33-35-37-39-41-43-45-47-49-51-53-55-57-61(65)60(59-64)63-62(66)58-56-54-52-50-48-46-44-42-40-38-36-34-32-30-28-26-24-22-20-18-16-14-12-10-8-6-4-2/h6,8,12,14,18,20,24,26,30,32,55,57,60-61,64-65H,3-5,7,9-11,13,15-17,19,21-23,25,27-29,31,33-54,56,58-59H2,1-2H3,(H,63,66)/b8-6-,14-12-,20-18-,26-24-,32-30-,57-55+. The van der Waals surface area contributed by atoms with Crippen molar-refractivity contribution in [2.24, 2.45) is 0 Å². The lowest BCUT2D eigenvalue weighted by Gasteiger charge is -2.20. The van der Waals surface area contributed by atoms with E-state index in [0.29, 0.717) is 6.42 Å². The van der Waals surface area contributed by atoms with Crippen molar-refractivity contribution in [2.75, 3.05) is 6.61 Å². The van der Waals surface area contributed by atoms with Crippen LogP contribution >= 0.6 is 0 Å². The maximum absolute atomic E-state index is 12.5. The zero-order valence-electron chi connectivity index (χ0n) is 44.2. The first-order valence-corrected chi connectivity index (χ1v) is 29.2. The molecule has 0 aliphatic carbocycles. The quantitative estimate of drug-likeness (QED) is 0.0421. The average molecular weight is 921 g/mol. The summed E-state index contributed by atoms with van der Waals surface area (Å²) in [6, 6.07) is -0.629. The number of unbranched alkanes of at least 4 members (excludes halogenated alkanes) is 36. The molecule has 0 aromatic rings. The molecule has 0 saturated carbocycles. The van der Waals surface area contributed by atoms with E-state index in [4.69, 9.17) is 0 Å². The Morgan fingerprint density at radius 2 is 0.667 bits per heavy atom. The van der Waals surface area contributed by atoms with Crippen LogP contribution in [0.5, 0.6) is 0 Å². The molecule has 4 nitrogen and oxygen atoms in total. The van der Waals surface area contributed by atoms with Gasteiger partial charge < -0.3 is 15.5 Å². The highest BCUT2D eigenvalue weighted by Gasteiger charge is 2.18. The largest absolute Gasteiger partial charge is 0.394 e. The molecule has 0 aromatic carbocycles. The molecule has 0 aromatic heterocycles. The summed E-state index contributed by atoms with van der Waals surface area (Å²) in [6.07, 6.45) is 82.1. The third kappa shape index (κ3) is 52.8. The molecule has 1 amide bonds. The van der Waals surface area contributed by atoms with Gasteiger partial charge in [0.1, 0.15) is 0 Å². The molecule has 4 heteroatoms. The number of aliphatic hydroxyl groups is 2. The van der Waals surface area contributed by atoms with Crippen molar-refractivity contribution in [3.05, 3.63) is 72.9 Å². The van der Waals surface area contributed by atoms with E-state index in [1.807, 2.05) is 6.08 Å². The molecule has 0 aliphatic rings. The second-order valence-corrected chi connectivity index (χ2v) is 19.7. The smallest absolute Gasteiger partial charge is 0.220 e. The van der Waals surface area contributed by atoms with Crippen LogP contribution < -0.4 is 5.32 Å². The molecule has 0 fully saturated rings. The molecule has 0 radical (unpaired) electrons. The van der Waals surface area contributed by atoms with Crippen LogP contribution in [0.4, 0.5) is 0 Å². The number of hydrogen-bond acceptors (Lipinski definition) is 3. The minimum Gasteiger partial charge on any atom is -0.394 e. The molecule has 2 unspecified atom stereocenters. The van der Waals surface area contributed by atoms with Crippen LogP contribution in [-0.2, 0) is 4.79 Å². The summed E-state index contributed by atoms with van der Waals surface area (Å²) in [6.45, 7) is 4.22. The molecule has 3 N–H and O–H groups in total. The third-order valence-electron chi connectivity index (χ3n) is 13.2. The Morgan fingerprint density at radius 1 is 0.379 bits per heavy atom. The van der Waals surface area contributed by atoms with Gasteiger partial charge in [0.2, 0.25) is 5.91 Å². The Bertz CT molecular complexity index is 1130. The summed E-state index contributed by atoms with van der Waals surface area (Å²) in [7, 11) is 0. The van der Waals surface area contributed by atoms with Crippen molar-refractivity contribution in [1.29, 1.82) is 0 Å². The number of allylic oxidation sites excluding steroid dienone is 11. The summed E-state index contributed by atoms with van der Waals surface area (Å²) < 4.78 is 0. The Morgan fingerprint density at radius 3 is 1.00 bits per heavy atom. The first-order valence-electron chi connectivity index (χ1n) is 29.2. The van der Waals surface area contributed by atoms with Crippen molar-refractivity contribution >= 4 is 5.91 Å². The zero-order chi connectivity index (χ0) is 47.7. The van der Waals surface area contributed by atoms with Gasteiger partial charge in [-0.15, -0.1) is 0 Å². The van der Waals surface area contributed by atoms with Gasteiger partial charge in [0.15, 0.2) is 0 Å². The molecule has 2 atom stereocenters. The van der Waals surface area contributed by atoms with Crippen LogP contribution in [0.1, 0.15) is 296 Å². The highest BCUT2D eigenvalue weighted by Crippen LogP contribution is 2.17. The van der Waals surface area contributed by atoms with Gasteiger partial charge >= 0.3 is 0 Å². The lowest BCUT2D eigenvalue weighted by molar-refractivity contribution is -0.123. The van der Waals surface area contributed by atoms with E-state index in [2.05, 4.69) is 79.9 Å². The van der Waals surface area contributed by atoms with Crippen molar-refractivity contribution < 1.29 is 15.0 Å². The van der Waals surface area contributed by atoms with E-state index in [-0.39, 0.29) is 12.5 Å². The summed E-state index contributed by atoms with van der Waals surface area (Å²) in [5, 5.41) is 23.2. The van der Waals surface area contributed by atoms with E-state index in [1.54, 1.807) is 6.08 Å². The van der Waals surface area contributed by atoms with Gasteiger partial charge in [-0.05, 0) is 64.2 Å². The van der Waals surface area contributed by atoms with Gasteiger partial charge in [-0.1, -0.05) is 299 Å². The molecule has 0 spiro atoms. The topological polar surface area (TPSA) is 69.6 Å². The molecule has 0 rings (SSSR count). The third-order valence-corrected chi connectivity index (χ3v) is 13.2. The van der Waals surface area contributed by atoms with Crippen molar-refractivity contribution in [2.45, 2.75) is 309 Å². The SMILES string of the molecule is CC/C=C\C/C=C\C/C=C\C/C=C\C/C=C\CCCCCCCCCCCCCC(=O)NC(CO)C(O)/C=C/CCCCCCCCCCCCCCCCCCCCCCCCCCC. The van der Waals surface area contributed by atoms with Crippen molar-refractivity contribution in [3.63, 3.8) is 0 Å². The Kier molecular flexibility index (Phi) is 55.3. The monoisotopic (exact) mass is 920 g/mol. The van der Waals surface area contributed by atoms with Gasteiger partial charge in [0.05, 0.1) is 18.8 Å². The zero-order valence-corrected chi connectivity index (χ0v) is 44.2. The minimum absolute atomic E-state index is 0.0666. The van der Waals surface area contributed by atoms with Gasteiger partial charge in [-0.25, -0.2) is 0 Å². The average Bonchev–Trinajstić information content (AvgIpc) is 3.32. The summed E-state index contributed by atoms with van der Waals surface area (Å²) >= 11 is 0. The Balaban J connectivity index is 3.51. The molecule has 0 heterocycles. The van der Waals surface area contributed by atoms with E-state index in [0.717, 1.165) is 57.8 Å². The lowest BCUT2D eigenvalue weighted by atomic mass is 10.0. The number of nitrogens with one attached hydrogen (secondary N) is 1. The van der Waals surface area contributed by atoms with Crippen LogP contribution in [-0.4, -0.2) is 34.9 Å². The molecule has 0 saturated heterocycles. The number of carbonyl (C=O) groups excluding carboxylic acids is 1. The molecule has 66 heavy (non-hydrogen) atoms. The number of carbonyl (C=O) groups is 1. The predicted molar refractivity (Wildman–Crippen MR) is 294 cm³/mol. The van der Waals surface area contributed by atoms with Gasteiger partial charge in [0, 0.05) is 6.42 Å². The van der Waals surface area contributed by atoms with Gasteiger partial charge in [0.25, 0.3) is 0 Å². The van der Waals surface area contributed by atoms with E-state index >= 15 is 0 Å². The Labute approximate surface area is 412 Å². The first-order chi connectivity index (χ1) is 32.7. The fourth-order valence-corrected chi connectivity index (χ4v) is 8.80. The van der Waals surface area contributed by atoms with Crippen LogP contribution in [0, 0.1) is 0 Å². The molecule has 0 bridgehead atoms. The fourth-order valence-electron chi connectivity index (χ4n) is 8.80. The van der Waals surface area contributed by atoms with Gasteiger partial charge in [-0.3, -0.25) is 4.79 Å². The van der Waals surface area contributed by atoms with E-state index in [9.17, 15) is 15.0 Å². The highest BCUT2D eigenvalue weighted by molar-refractivity contribution is 5.76. The molecule has 0 aliphatic heterocycles. The molecular weight excluding hydrogens is 807 g/mol. The molecular formula is C62H113NO3. The van der Waals surface area contributed by atoms with Crippen LogP contribution in [0.15, 0.2) is 72.9 Å². The number of aliphatic hydroxyl groups excluding tert-OH is 2. The second-order valence-electron chi connectivity index (χ2n) is 19.7. The van der Waals surface area contributed by atoms with E-state index < -0.39 is 12.1 Å². The normalized spacial score (nSPS) is 13.3. The summed E-state index contributed by atoms with van der Waals surface area (Å²) in [4.78, 5) is 12.5. The van der Waals surface area contributed by atoms with Crippen LogP contribution in [0.2, 0.25) is 0 Å². The number of rotatable bonds is 53. The maximum Gasteiger partial charge on any atom is 0.220 e. The van der Waals surface area contributed by atoms with Crippen LogP contribution in [0.25, 0.3) is 0 Å². The Hall–Kier alpha value is -2.17. The van der Waals surface area contributed by atoms with Crippen molar-refractivity contribution in [1.82, 2.24) is 5.32 Å². The summed E-state index contributed by atoms with van der Waals surface area (Å²) in [5.41, 5.74) is 0. The highest BCUT2D eigenvalue weighted by atomic mass is 16.3. The first kappa shape index (κ1) is 63.8. The predicted octanol–water partition coefficient (Wildman–Crippen LogP) is 19.4. The lowest BCUT2D eigenvalue weighted by Crippen LogP contribution is -2.45. The maximum atomic E-state index is 12.5. The van der Waals surface area contributed by atoms with Crippen molar-refractivity contribution in [3.8, 4) is 0 Å². The number of hydrogen-bond donors (Lipinski definition) is 3. The van der Waals surface area contributed by atoms with Crippen LogP contribution in [0.3, 0.4) is 0 Å². The van der Waals surface area contributed by atoms with E-state index in [1.165, 1.54) is 218 Å². The number of amides is 1. The molecule has 384 valence electrons. The second kappa shape index (κ2) is 57.1. The fraction of sp³-hybridized carbons (Fsp3) is 0.790. The summed E-state index contributed by atoms with van der Waals surface area (Å²) in [5.74, 6) is -0.0666.